The number of aryl methyl sites for hydroxylation is 1. The van der Waals surface area contributed by atoms with Crippen LogP contribution in [0.2, 0.25) is 5.02 Å². The minimum atomic E-state index is -0.514. The van der Waals surface area contributed by atoms with E-state index in [2.05, 4.69) is 10.1 Å². The summed E-state index contributed by atoms with van der Waals surface area (Å²) in [4.78, 5) is 18.4. The molecule has 7 heteroatoms. The van der Waals surface area contributed by atoms with Crippen LogP contribution in [0.3, 0.4) is 0 Å². The standard InChI is InChI=1S/C19H15ClFN3O2/c1-11-2-4-12(5-3-11)19-22-18(23-26-19)13-8-17(25)24(10-13)14-6-7-16(21)15(20)9-14/h2-7,9,13H,8,10H2,1H3. The summed E-state index contributed by atoms with van der Waals surface area (Å²) in [6.45, 7) is 2.40. The van der Waals surface area contributed by atoms with Crippen LogP contribution in [0.4, 0.5) is 10.1 Å². The summed E-state index contributed by atoms with van der Waals surface area (Å²) in [5.74, 6) is 0.133. The third-order valence-corrected chi connectivity index (χ3v) is 4.73. The number of anilines is 1. The molecule has 0 radical (unpaired) electrons. The van der Waals surface area contributed by atoms with E-state index < -0.39 is 5.82 Å². The van der Waals surface area contributed by atoms with Crippen molar-refractivity contribution in [3.8, 4) is 11.5 Å². The van der Waals surface area contributed by atoms with Gasteiger partial charge in [-0.3, -0.25) is 4.79 Å². The number of carbonyl (C=O) groups is 1. The Morgan fingerprint density at radius 3 is 2.73 bits per heavy atom. The van der Waals surface area contributed by atoms with Gasteiger partial charge in [-0.15, -0.1) is 0 Å². The highest BCUT2D eigenvalue weighted by atomic mass is 35.5. The first-order valence-electron chi connectivity index (χ1n) is 8.17. The topological polar surface area (TPSA) is 59.2 Å². The molecule has 0 spiro atoms. The summed E-state index contributed by atoms with van der Waals surface area (Å²) in [7, 11) is 0. The number of nitrogens with zero attached hydrogens (tertiary/aromatic N) is 3. The van der Waals surface area contributed by atoms with Crippen molar-refractivity contribution in [2.24, 2.45) is 0 Å². The van der Waals surface area contributed by atoms with Crippen LogP contribution < -0.4 is 4.90 Å². The van der Waals surface area contributed by atoms with E-state index in [0.29, 0.717) is 23.9 Å². The summed E-state index contributed by atoms with van der Waals surface area (Å²) in [5, 5.41) is 4.03. The molecule has 0 aliphatic carbocycles. The lowest BCUT2D eigenvalue weighted by Crippen LogP contribution is -2.24. The fourth-order valence-corrected chi connectivity index (χ4v) is 3.17. The molecule has 0 bridgehead atoms. The van der Waals surface area contributed by atoms with Gasteiger partial charge in [0.15, 0.2) is 5.82 Å². The van der Waals surface area contributed by atoms with Crippen LogP contribution in [0, 0.1) is 12.7 Å². The Labute approximate surface area is 154 Å². The second-order valence-electron chi connectivity index (χ2n) is 6.33. The zero-order chi connectivity index (χ0) is 18.3. The van der Waals surface area contributed by atoms with Gasteiger partial charge in [-0.1, -0.05) is 34.5 Å². The van der Waals surface area contributed by atoms with Gasteiger partial charge < -0.3 is 9.42 Å². The number of hydrogen-bond acceptors (Lipinski definition) is 4. The maximum absolute atomic E-state index is 13.3. The molecule has 132 valence electrons. The Kier molecular flexibility index (Phi) is 4.20. The highest BCUT2D eigenvalue weighted by Gasteiger charge is 2.34. The maximum Gasteiger partial charge on any atom is 0.257 e. The summed E-state index contributed by atoms with van der Waals surface area (Å²) < 4.78 is 18.7. The summed E-state index contributed by atoms with van der Waals surface area (Å²) in [6, 6.07) is 12.0. The first-order chi connectivity index (χ1) is 12.5. The predicted octanol–water partition coefficient (Wildman–Crippen LogP) is 4.36. The summed E-state index contributed by atoms with van der Waals surface area (Å²) in [6.07, 6.45) is 0.266. The monoisotopic (exact) mass is 371 g/mol. The van der Waals surface area contributed by atoms with Crippen molar-refractivity contribution in [3.63, 3.8) is 0 Å². The highest BCUT2D eigenvalue weighted by Crippen LogP contribution is 2.33. The van der Waals surface area contributed by atoms with Gasteiger partial charge in [0.2, 0.25) is 5.91 Å². The molecule has 5 nitrogen and oxygen atoms in total. The highest BCUT2D eigenvalue weighted by molar-refractivity contribution is 6.31. The lowest BCUT2D eigenvalue weighted by atomic mass is 10.1. The normalized spacial score (nSPS) is 17.1. The molecule has 1 aromatic heterocycles. The molecular weight excluding hydrogens is 357 g/mol. The van der Waals surface area contributed by atoms with Crippen LogP contribution in [0.25, 0.3) is 11.5 Å². The van der Waals surface area contributed by atoms with Gasteiger partial charge in [0.05, 0.1) is 5.02 Å². The van der Waals surface area contributed by atoms with Crippen molar-refractivity contribution < 1.29 is 13.7 Å². The molecule has 1 saturated heterocycles. The van der Waals surface area contributed by atoms with Gasteiger partial charge in [-0.05, 0) is 37.3 Å². The predicted molar refractivity (Wildman–Crippen MR) is 95.6 cm³/mol. The molecule has 1 atom stereocenters. The number of hydrogen-bond donors (Lipinski definition) is 0. The van der Waals surface area contributed by atoms with Crippen LogP contribution in [0.1, 0.15) is 23.7 Å². The quantitative estimate of drug-likeness (QED) is 0.686. The fraction of sp³-hybridized carbons (Fsp3) is 0.211. The zero-order valence-electron chi connectivity index (χ0n) is 13.9. The molecule has 0 N–H and O–H groups in total. The lowest BCUT2D eigenvalue weighted by Gasteiger charge is -2.16. The molecule has 1 aliphatic heterocycles. The van der Waals surface area contributed by atoms with Crippen LogP contribution in [-0.2, 0) is 4.79 Å². The second kappa shape index (κ2) is 6.53. The Hall–Kier alpha value is -2.73. The summed E-state index contributed by atoms with van der Waals surface area (Å²) >= 11 is 5.82. The number of amides is 1. The van der Waals surface area contributed by atoms with E-state index in [1.54, 1.807) is 4.90 Å². The van der Waals surface area contributed by atoms with Gasteiger partial charge in [0.25, 0.3) is 5.89 Å². The summed E-state index contributed by atoms with van der Waals surface area (Å²) in [5.41, 5.74) is 2.54. The van der Waals surface area contributed by atoms with Gasteiger partial charge in [-0.2, -0.15) is 4.98 Å². The van der Waals surface area contributed by atoms with Crippen LogP contribution in [0.15, 0.2) is 47.0 Å². The Morgan fingerprint density at radius 2 is 2.00 bits per heavy atom. The molecule has 2 heterocycles. The average Bonchev–Trinajstić information content (AvgIpc) is 3.25. The molecule has 0 saturated carbocycles. The molecule has 3 aromatic rings. The van der Waals surface area contributed by atoms with Gasteiger partial charge >= 0.3 is 0 Å². The Bertz CT molecular complexity index is 971. The minimum Gasteiger partial charge on any atom is -0.334 e. The maximum atomic E-state index is 13.3. The Morgan fingerprint density at radius 1 is 1.23 bits per heavy atom. The lowest BCUT2D eigenvalue weighted by molar-refractivity contribution is -0.117. The van der Waals surface area contributed by atoms with E-state index in [1.807, 2.05) is 31.2 Å². The van der Waals surface area contributed by atoms with Crippen LogP contribution >= 0.6 is 11.6 Å². The van der Waals surface area contributed by atoms with E-state index in [1.165, 1.54) is 18.2 Å². The van der Waals surface area contributed by atoms with Crippen molar-refractivity contribution in [2.75, 3.05) is 11.4 Å². The largest absolute Gasteiger partial charge is 0.334 e. The van der Waals surface area contributed by atoms with Gasteiger partial charge in [0, 0.05) is 30.1 Å². The SMILES string of the molecule is Cc1ccc(-c2nc(C3CC(=O)N(c4ccc(F)c(Cl)c4)C3)no2)cc1. The van der Waals surface area contributed by atoms with Crippen molar-refractivity contribution in [1.82, 2.24) is 10.1 Å². The second-order valence-corrected chi connectivity index (χ2v) is 6.73. The molecule has 1 amide bonds. The van der Waals surface area contributed by atoms with Crippen molar-refractivity contribution in [2.45, 2.75) is 19.3 Å². The van der Waals surface area contributed by atoms with Crippen LogP contribution in [-0.4, -0.2) is 22.6 Å². The average molecular weight is 372 g/mol. The molecule has 1 unspecified atom stereocenters. The van der Waals surface area contributed by atoms with Crippen molar-refractivity contribution in [3.05, 3.63) is 64.7 Å². The van der Waals surface area contributed by atoms with E-state index in [4.69, 9.17) is 16.1 Å². The van der Waals surface area contributed by atoms with E-state index >= 15 is 0 Å². The molecule has 26 heavy (non-hydrogen) atoms. The number of rotatable bonds is 3. The van der Waals surface area contributed by atoms with Gasteiger partial charge in [-0.25, -0.2) is 4.39 Å². The van der Waals surface area contributed by atoms with Crippen LogP contribution in [0.5, 0.6) is 0 Å². The smallest absolute Gasteiger partial charge is 0.257 e. The third-order valence-electron chi connectivity index (χ3n) is 4.45. The Balaban J connectivity index is 1.55. The minimum absolute atomic E-state index is 0.0139. The van der Waals surface area contributed by atoms with E-state index in [0.717, 1.165) is 11.1 Å². The third kappa shape index (κ3) is 3.08. The van der Waals surface area contributed by atoms with Gasteiger partial charge in [0.1, 0.15) is 5.82 Å². The van der Waals surface area contributed by atoms with E-state index in [9.17, 15) is 9.18 Å². The molecular formula is C19H15ClFN3O2. The number of benzene rings is 2. The molecule has 2 aromatic carbocycles. The van der Waals surface area contributed by atoms with Crippen molar-refractivity contribution in [1.29, 1.82) is 0 Å². The fourth-order valence-electron chi connectivity index (χ4n) is 3.00. The number of carbonyl (C=O) groups excluding carboxylic acids is 1. The first-order valence-corrected chi connectivity index (χ1v) is 8.55. The first kappa shape index (κ1) is 16.7. The molecule has 1 aliphatic rings. The van der Waals surface area contributed by atoms with E-state index in [-0.39, 0.29) is 23.3 Å². The zero-order valence-corrected chi connectivity index (χ0v) is 14.7. The number of halogens is 2. The number of aromatic nitrogens is 2. The molecule has 4 rings (SSSR count). The van der Waals surface area contributed by atoms with Crippen molar-refractivity contribution >= 4 is 23.2 Å². The molecule has 1 fully saturated rings.